The Labute approximate surface area is 144 Å². The van der Waals surface area contributed by atoms with Crippen LogP contribution in [0.5, 0.6) is 5.75 Å². The van der Waals surface area contributed by atoms with Crippen LogP contribution >= 0.6 is 0 Å². The summed E-state index contributed by atoms with van der Waals surface area (Å²) in [7, 11) is 0. The molecule has 0 aliphatic carbocycles. The molecule has 0 saturated carbocycles. The van der Waals surface area contributed by atoms with Crippen LogP contribution in [-0.2, 0) is 4.79 Å². The predicted molar refractivity (Wildman–Crippen MR) is 92.9 cm³/mol. The van der Waals surface area contributed by atoms with E-state index in [1.807, 2.05) is 19.9 Å². The quantitative estimate of drug-likeness (QED) is 0.449. The molecule has 0 unspecified atom stereocenters. The van der Waals surface area contributed by atoms with E-state index in [9.17, 15) is 14.7 Å². The van der Waals surface area contributed by atoms with E-state index in [0.717, 1.165) is 17.5 Å². The van der Waals surface area contributed by atoms with Gasteiger partial charge in [-0.1, -0.05) is 0 Å². The molecule has 0 atom stereocenters. The Morgan fingerprint density at radius 1 is 1.12 bits per heavy atom. The standard InChI is InChI=1S/C17H20N4O4/c1-10-8-11(2)20-17(19-10)18-7-3-4-15(23)21-13-6-5-12(16(24)25)9-14(13)22/h5-6,8-9,22H,3-4,7H2,1-2H3,(H,21,23)(H,24,25)(H,18,19,20). The molecule has 1 heterocycles. The molecule has 0 saturated heterocycles. The molecule has 8 heteroatoms. The van der Waals surface area contributed by atoms with Gasteiger partial charge in [0, 0.05) is 24.4 Å². The highest BCUT2D eigenvalue weighted by Gasteiger charge is 2.10. The summed E-state index contributed by atoms with van der Waals surface area (Å²) in [6.45, 7) is 4.30. The lowest BCUT2D eigenvalue weighted by Crippen LogP contribution is -2.14. The first-order valence-corrected chi connectivity index (χ1v) is 7.77. The lowest BCUT2D eigenvalue weighted by Gasteiger charge is -2.09. The first-order chi connectivity index (χ1) is 11.8. The second-order valence-corrected chi connectivity index (χ2v) is 5.59. The van der Waals surface area contributed by atoms with Crippen molar-refractivity contribution < 1.29 is 19.8 Å². The third-order valence-electron chi connectivity index (χ3n) is 3.36. The number of aromatic nitrogens is 2. The van der Waals surface area contributed by atoms with Crippen LogP contribution in [0.3, 0.4) is 0 Å². The maximum Gasteiger partial charge on any atom is 0.335 e. The third kappa shape index (κ3) is 5.45. The zero-order chi connectivity index (χ0) is 18.4. The van der Waals surface area contributed by atoms with Crippen LogP contribution < -0.4 is 10.6 Å². The fourth-order valence-corrected chi connectivity index (χ4v) is 2.24. The molecule has 2 rings (SSSR count). The number of carboxylic acids is 1. The van der Waals surface area contributed by atoms with Gasteiger partial charge in [0.1, 0.15) is 5.75 Å². The van der Waals surface area contributed by atoms with Gasteiger partial charge in [0.25, 0.3) is 0 Å². The van der Waals surface area contributed by atoms with Crippen molar-refractivity contribution >= 4 is 23.5 Å². The van der Waals surface area contributed by atoms with E-state index >= 15 is 0 Å². The number of rotatable bonds is 7. The van der Waals surface area contributed by atoms with Gasteiger partial charge in [-0.05, 0) is 44.5 Å². The van der Waals surface area contributed by atoms with Crippen molar-refractivity contribution in [3.8, 4) is 5.75 Å². The molecule has 0 aliphatic rings. The van der Waals surface area contributed by atoms with Gasteiger partial charge in [-0.2, -0.15) is 0 Å². The summed E-state index contributed by atoms with van der Waals surface area (Å²) in [6, 6.07) is 5.65. The number of nitrogens with zero attached hydrogens (tertiary/aromatic N) is 2. The zero-order valence-corrected chi connectivity index (χ0v) is 14.0. The Morgan fingerprint density at radius 2 is 1.80 bits per heavy atom. The average Bonchev–Trinajstić information content (AvgIpc) is 2.52. The summed E-state index contributed by atoms with van der Waals surface area (Å²) in [4.78, 5) is 31.2. The monoisotopic (exact) mass is 344 g/mol. The number of aryl methyl sites for hydroxylation is 2. The van der Waals surface area contributed by atoms with E-state index in [0.29, 0.717) is 18.9 Å². The third-order valence-corrected chi connectivity index (χ3v) is 3.36. The SMILES string of the molecule is Cc1cc(C)nc(NCCCC(=O)Nc2ccc(C(=O)O)cc2O)n1. The number of carbonyl (C=O) groups is 2. The van der Waals surface area contributed by atoms with Crippen molar-refractivity contribution in [2.75, 3.05) is 17.2 Å². The molecule has 0 radical (unpaired) electrons. The number of hydrogen-bond donors (Lipinski definition) is 4. The fraction of sp³-hybridized carbons (Fsp3) is 0.294. The van der Waals surface area contributed by atoms with Gasteiger partial charge in [-0.25, -0.2) is 14.8 Å². The number of anilines is 2. The van der Waals surface area contributed by atoms with Crippen molar-refractivity contribution in [2.24, 2.45) is 0 Å². The van der Waals surface area contributed by atoms with Gasteiger partial charge in [0.2, 0.25) is 11.9 Å². The van der Waals surface area contributed by atoms with E-state index in [4.69, 9.17) is 5.11 Å². The van der Waals surface area contributed by atoms with E-state index < -0.39 is 5.97 Å². The highest BCUT2D eigenvalue weighted by Crippen LogP contribution is 2.24. The maximum absolute atomic E-state index is 11.9. The minimum absolute atomic E-state index is 0.0480. The summed E-state index contributed by atoms with van der Waals surface area (Å²) in [6.07, 6.45) is 0.786. The largest absolute Gasteiger partial charge is 0.506 e. The molecule has 0 aliphatic heterocycles. The number of carboxylic acid groups (broad SMARTS) is 1. The van der Waals surface area contributed by atoms with Gasteiger partial charge in [-0.15, -0.1) is 0 Å². The molecule has 1 aromatic carbocycles. The molecule has 1 amide bonds. The van der Waals surface area contributed by atoms with Crippen LogP contribution in [0.25, 0.3) is 0 Å². The number of aromatic carboxylic acids is 1. The molecule has 132 valence electrons. The van der Waals surface area contributed by atoms with Crippen molar-refractivity contribution in [3.63, 3.8) is 0 Å². The molecule has 0 spiro atoms. The van der Waals surface area contributed by atoms with Gasteiger partial charge in [-0.3, -0.25) is 4.79 Å². The molecule has 1 aromatic heterocycles. The number of phenols is 1. The lowest BCUT2D eigenvalue weighted by atomic mass is 10.2. The first kappa shape index (κ1) is 18.2. The zero-order valence-electron chi connectivity index (χ0n) is 14.0. The highest BCUT2D eigenvalue weighted by molar-refractivity contribution is 5.94. The summed E-state index contributed by atoms with van der Waals surface area (Å²) < 4.78 is 0. The highest BCUT2D eigenvalue weighted by atomic mass is 16.4. The van der Waals surface area contributed by atoms with Crippen molar-refractivity contribution in [1.29, 1.82) is 0 Å². The average molecular weight is 344 g/mol. The van der Waals surface area contributed by atoms with Crippen LogP contribution in [0.2, 0.25) is 0 Å². The van der Waals surface area contributed by atoms with Gasteiger partial charge < -0.3 is 20.8 Å². The lowest BCUT2D eigenvalue weighted by molar-refractivity contribution is -0.116. The van der Waals surface area contributed by atoms with E-state index in [1.165, 1.54) is 12.1 Å². The van der Waals surface area contributed by atoms with Crippen LogP contribution in [0.1, 0.15) is 34.6 Å². The summed E-state index contributed by atoms with van der Waals surface area (Å²) in [5.74, 6) is -1.18. The van der Waals surface area contributed by atoms with Crippen molar-refractivity contribution in [1.82, 2.24) is 9.97 Å². The van der Waals surface area contributed by atoms with Gasteiger partial charge in [0.15, 0.2) is 0 Å². The topological polar surface area (TPSA) is 124 Å². The first-order valence-electron chi connectivity index (χ1n) is 7.77. The van der Waals surface area contributed by atoms with Crippen molar-refractivity contribution in [2.45, 2.75) is 26.7 Å². The van der Waals surface area contributed by atoms with Gasteiger partial charge in [0.05, 0.1) is 11.3 Å². The van der Waals surface area contributed by atoms with E-state index in [2.05, 4.69) is 20.6 Å². The van der Waals surface area contributed by atoms with Gasteiger partial charge >= 0.3 is 5.97 Å². The fourth-order valence-electron chi connectivity index (χ4n) is 2.24. The maximum atomic E-state index is 11.9. The molecule has 0 bridgehead atoms. The Morgan fingerprint density at radius 3 is 2.40 bits per heavy atom. The number of aromatic hydroxyl groups is 1. The summed E-state index contributed by atoms with van der Waals surface area (Å²) in [5, 5.41) is 24.2. The number of phenolic OH excluding ortho intramolecular Hbond substituents is 1. The van der Waals surface area contributed by atoms with Crippen LogP contribution in [-0.4, -0.2) is 38.6 Å². The predicted octanol–water partition coefficient (Wildman–Crippen LogP) is 2.33. The summed E-state index contributed by atoms with van der Waals surface area (Å²) >= 11 is 0. The van der Waals surface area contributed by atoms with E-state index in [-0.39, 0.29) is 29.3 Å². The Hall–Kier alpha value is -3.16. The van der Waals surface area contributed by atoms with Crippen LogP contribution in [0.4, 0.5) is 11.6 Å². The van der Waals surface area contributed by atoms with Crippen molar-refractivity contribution in [3.05, 3.63) is 41.2 Å². The molecular weight excluding hydrogens is 324 g/mol. The Bertz CT molecular complexity index is 772. The molecule has 4 N–H and O–H groups in total. The number of amides is 1. The molecule has 2 aromatic rings. The molecular formula is C17H20N4O4. The van der Waals surface area contributed by atoms with Crippen LogP contribution in [0, 0.1) is 13.8 Å². The number of nitrogens with one attached hydrogen (secondary N) is 2. The summed E-state index contributed by atoms with van der Waals surface area (Å²) in [5.41, 5.74) is 1.87. The minimum Gasteiger partial charge on any atom is -0.506 e. The number of carbonyl (C=O) groups excluding carboxylic acids is 1. The number of hydrogen-bond acceptors (Lipinski definition) is 6. The molecule has 25 heavy (non-hydrogen) atoms. The molecule has 0 fully saturated rings. The number of benzene rings is 1. The normalized spacial score (nSPS) is 10.3. The second kappa shape index (κ2) is 8.09. The smallest absolute Gasteiger partial charge is 0.335 e. The minimum atomic E-state index is -1.15. The Balaban J connectivity index is 1.80. The van der Waals surface area contributed by atoms with E-state index in [1.54, 1.807) is 0 Å². The molecule has 8 nitrogen and oxygen atoms in total. The van der Waals surface area contributed by atoms with Crippen LogP contribution in [0.15, 0.2) is 24.3 Å². The second-order valence-electron chi connectivity index (χ2n) is 5.59. The Kier molecular flexibility index (Phi) is 5.89.